The fourth-order valence-corrected chi connectivity index (χ4v) is 3.20. The van der Waals surface area contributed by atoms with Gasteiger partial charge in [-0.3, -0.25) is 0 Å². The lowest BCUT2D eigenvalue weighted by Crippen LogP contribution is -2.23. The van der Waals surface area contributed by atoms with Crippen LogP contribution in [-0.2, 0) is 0 Å². The van der Waals surface area contributed by atoms with E-state index in [1.807, 2.05) is 0 Å². The largest absolute Gasteiger partial charge is 0.303 e. The summed E-state index contributed by atoms with van der Waals surface area (Å²) >= 11 is 0. The fourth-order valence-electron chi connectivity index (χ4n) is 3.20. The van der Waals surface area contributed by atoms with Crippen LogP contribution in [0.5, 0.6) is 0 Å². The molecule has 0 N–H and O–H groups in total. The number of nitrogens with zero attached hydrogens (tertiary/aromatic N) is 1. The zero-order valence-electron chi connectivity index (χ0n) is 10.9. The fraction of sp³-hybridized carbons (Fsp3) is 0.800. The summed E-state index contributed by atoms with van der Waals surface area (Å²) in [6.45, 7) is 8.38. The molecule has 2 atom stereocenters. The zero-order chi connectivity index (χ0) is 11.4. The summed E-state index contributed by atoms with van der Waals surface area (Å²) in [7, 11) is 0. The van der Waals surface area contributed by atoms with Crippen LogP contribution >= 0.6 is 0 Å². The molecule has 0 spiro atoms. The first-order valence-corrected chi connectivity index (χ1v) is 6.93. The van der Waals surface area contributed by atoms with E-state index in [9.17, 15) is 0 Å². The molecular weight excluding hydrogens is 194 g/mol. The van der Waals surface area contributed by atoms with E-state index in [2.05, 4.69) is 31.2 Å². The number of hydrogen-bond acceptors (Lipinski definition) is 1. The van der Waals surface area contributed by atoms with Crippen molar-refractivity contribution in [3.8, 4) is 0 Å². The minimum atomic E-state index is 1.01. The number of rotatable bonds is 4. The van der Waals surface area contributed by atoms with Crippen molar-refractivity contribution in [1.29, 1.82) is 0 Å². The van der Waals surface area contributed by atoms with Gasteiger partial charge in [-0.1, -0.05) is 11.6 Å². The van der Waals surface area contributed by atoms with Gasteiger partial charge in [0.25, 0.3) is 0 Å². The molecule has 91 valence electrons. The summed E-state index contributed by atoms with van der Waals surface area (Å²) < 4.78 is 0. The number of hydrogen-bond donors (Lipinski definition) is 0. The predicted octanol–water partition coefficient (Wildman–Crippen LogP) is 3.67. The lowest BCUT2D eigenvalue weighted by molar-refractivity contribution is 0.294. The first kappa shape index (κ1) is 12.2. The lowest BCUT2D eigenvalue weighted by atomic mass is 9.90. The van der Waals surface area contributed by atoms with Crippen LogP contribution in [0.15, 0.2) is 11.6 Å². The average Bonchev–Trinajstić information content (AvgIpc) is 2.85. The maximum atomic E-state index is 2.67. The van der Waals surface area contributed by atoms with E-state index in [1.165, 1.54) is 57.3 Å². The van der Waals surface area contributed by atoms with Crippen molar-refractivity contribution in [2.75, 3.05) is 19.6 Å². The molecule has 0 aromatic heterocycles. The van der Waals surface area contributed by atoms with Crippen LogP contribution in [0.25, 0.3) is 0 Å². The molecule has 0 aromatic rings. The predicted molar refractivity (Wildman–Crippen MR) is 70.2 cm³/mol. The van der Waals surface area contributed by atoms with Crippen LogP contribution in [0, 0.1) is 18.3 Å². The molecule has 0 bridgehead atoms. The van der Waals surface area contributed by atoms with Crippen LogP contribution in [0.1, 0.15) is 46.0 Å². The smallest absolute Gasteiger partial charge is 0.00161 e. The average molecular weight is 220 g/mol. The summed E-state index contributed by atoms with van der Waals surface area (Å²) in [4.78, 5) is 2.67. The third kappa shape index (κ3) is 3.35. The van der Waals surface area contributed by atoms with Crippen molar-refractivity contribution in [2.45, 2.75) is 46.0 Å². The van der Waals surface area contributed by atoms with Gasteiger partial charge >= 0.3 is 0 Å². The number of allylic oxidation sites excluding steroid dienone is 1. The van der Waals surface area contributed by atoms with E-state index < -0.39 is 0 Å². The highest BCUT2D eigenvalue weighted by atomic mass is 15.1. The van der Waals surface area contributed by atoms with E-state index in [4.69, 9.17) is 0 Å². The molecule has 1 unspecified atom stereocenters. The Morgan fingerprint density at radius 3 is 2.88 bits per heavy atom. The van der Waals surface area contributed by atoms with E-state index in [0.29, 0.717) is 0 Å². The van der Waals surface area contributed by atoms with Crippen molar-refractivity contribution in [1.82, 2.24) is 4.90 Å². The number of likely N-dealkylation sites (tertiary alicyclic amines) is 1. The molecule has 1 radical (unpaired) electrons. The lowest BCUT2D eigenvalue weighted by Gasteiger charge is -2.19. The molecule has 1 saturated carbocycles. The van der Waals surface area contributed by atoms with Gasteiger partial charge in [0.05, 0.1) is 0 Å². The van der Waals surface area contributed by atoms with Gasteiger partial charge in [-0.2, -0.15) is 0 Å². The zero-order valence-corrected chi connectivity index (χ0v) is 10.9. The molecule has 2 aliphatic rings. The Morgan fingerprint density at radius 2 is 2.19 bits per heavy atom. The normalized spacial score (nSPS) is 27.5. The Morgan fingerprint density at radius 1 is 1.31 bits per heavy atom. The first-order valence-electron chi connectivity index (χ1n) is 6.93. The Kier molecular flexibility index (Phi) is 4.45. The van der Waals surface area contributed by atoms with E-state index in [-0.39, 0.29) is 0 Å². The molecule has 1 aliphatic carbocycles. The molecule has 2 rings (SSSR count). The first-order chi connectivity index (χ1) is 7.75. The van der Waals surface area contributed by atoms with Gasteiger partial charge in [0.1, 0.15) is 0 Å². The summed E-state index contributed by atoms with van der Waals surface area (Å²) in [6, 6.07) is 0. The van der Waals surface area contributed by atoms with E-state index in [1.54, 1.807) is 0 Å². The Bertz CT molecular complexity index is 234. The van der Waals surface area contributed by atoms with Gasteiger partial charge in [-0.05, 0) is 70.8 Å². The van der Waals surface area contributed by atoms with Crippen LogP contribution in [-0.4, -0.2) is 24.5 Å². The molecule has 2 fully saturated rings. The molecule has 16 heavy (non-hydrogen) atoms. The quantitative estimate of drug-likeness (QED) is 0.653. The summed E-state index contributed by atoms with van der Waals surface area (Å²) in [5, 5.41) is 0. The molecule has 1 nitrogen and oxygen atoms in total. The van der Waals surface area contributed by atoms with Crippen molar-refractivity contribution in [2.24, 2.45) is 11.8 Å². The van der Waals surface area contributed by atoms with Gasteiger partial charge in [0.15, 0.2) is 0 Å². The summed E-state index contributed by atoms with van der Waals surface area (Å²) in [6.07, 6.45) is 11.8. The van der Waals surface area contributed by atoms with Crippen molar-refractivity contribution in [3.63, 3.8) is 0 Å². The SMILES string of the molecule is CC(C)=CCCN1CCC([C@H]2C[CH]CC2)C1. The molecule has 1 heterocycles. The van der Waals surface area contributed by atoms with Gasteiger partial charge in [-0.25, -0.2) is 0 Å². The van der Waals surface area contributed by atoms with Gasteiger partial charge in [0, 0.05) is 13.1 Å². The highest BCUT2D eigenvalue weighted by Crippen LogP contribution is 2.35. The second kappa shape index (κ2) is 5.86. The molecule has 0 amide bonds. The Balaban J connectivity index is 1.69. The minimum Gasteiger partial charge on any atom is -0.303 e. The Labute approximate surface area is 101 Å². The monoisotopic (exact) mass is 220 g/mol. The second-order valence-electron chi connectivity index (χ2n) is 5.78. The topological polar surface area (TPSA) is 3.24 Å². The van der Waals surface area contributed by atoms with Gasteiger partial charge in [0.2, 0.25) is 0 Å². The van der Waals surface area contributed by atoms with Crippen LogP contribution in [0.4, 0.5) is 0 Å². The van der Waals surface area contributed by atoms with Gasteiger partial charge < -0.3 is 4.90 Å². The van der Waals surface area contributed by atoms with Crippen LogP contribution < -0.4 is 0 Å². The highest BCUT2D eigenvalue weighted by molar-refractivity contribution is 4.94. The molecule has 1 aliphatic heterocycles. The standard InChI is InChI=1S/C15H26N/c1-13(2)6-5-10-16-11-9-15(12-16)14-7-3-4-8-14/h3,6,14-15H,4-5,7-12H2,1-2H3/t14-,15?/m0/s1. The second-order valence-corrected chi connectivity index (χ2v) is 5.78. The maximum absolute atomic E-state index is 2.67. The molecule has 1 heteroatoms. The van der Waals surface area contributed by atoms with E-state index >= 15 is 0 Å². The summed E-state index contributed by atoms with van der Waals surface area (Å²) in [5.41, 5.74) is 1.46. The van der Waals surface area contributed by atoms with Crippen molar-refractivity contribution >= 4 is 0 Å². The van der Waals surface area contributed by atoms with Crippen LogP contribution in [0.3, 0.4) is 0 Å². The minimum absolute atomic E-state index is 1.01. The highest BCUT2D eigenvalue weighted by Gasteiger charge is 2.30. The molecule has 0 aromatic carbocycles. The van der Waals surface area contributed by atoms with E-state index in [0.717, 1.165) is 11.8 Å². The molecule has 1 saturated heterocycles. The van der Waals surface area contributed by atoms with Crippen molar-refractivity contribution < 1.29 is 0 Å². The van der Waals surface area contributed by atoms with Crippen molar-refractivity contribution in [3.05, 3.63) is 18.1 Å². The third-order valence-electron chi connectivity index (χ3n) is 4.18. The van der Waals surface area contributed by atoms with Crippen LogP contribution in [0.2, 0.25) is 0 Å². The Hall–Kier alpha value is -0.300. The molecular formula is C15H26N. The summed E-state index contributed by atoms with van der Waals surface area (Å²) in [5.74, 6) is 2.03. The van der Waals surface area contributed by atoms with Gasteiger partial charge in [-0.15, -0.1) is 0 Å². The maximum Gasteiger partial charge on any atom is 0.00161 e. The third-order valence-corrected chi connectivity index (χ3v) is 4.18.